The zero-order valence-corrected chi connectivity index (χ0v) is 9.54. The van der Waals surface area contributed by atoms with Crippen LogP contribution in [0.5, 0.6) is 5.75 Å². The van der Waals surface area contributed by atoms with Gasteiger partial charge in [-0.2, -0.15) is 5.10 Å². The number of pyridine rings is 1. The summed E-state index contributed by atoms with van der Waals surface area (Å²) in [6.45, 7) is 0. The van der Waals surface area contributed by atoms with Crippen LogP contribution in [-0.2, 0) is 0 Å². The first kappa shape index (κ1) is 10.5. The van der Waals surface area contributed by atoms with Crippen molar-refractivity contribution in [2.45, 2.75) is 0 Å². The Bertz CT molecular complexity index is 644. The number of hydrogen-bond acceptors (Lipinski definition) is 3. The molecule has 2 heterocycles. The van der Waals surface area contributed by atoms with Gasteiger partial charge < -0.3 is 5.11 Å². The lowest BCUT2D eigenvalue weighted by atomic mass is 10.0. The summed E-state index contributed by atoms with van der Waals surface area (Å²) < 4.78 is 0. The summed E-state index contributed by atoms with van der Waals surface area (Å²) in [5.41, 5.74) is 3.99. The Kier molecular flexibility index (Phi) is 2.53. The molecule has 2 N–H and O–H groups in total. The van der Waals surface area contributed by atoms with Crippen LogP contribution < -0.4 is 0 Å². The zero-order valence-electron chi connectivity index (χ0n) is 9.54. The van der Waals surface area contributed by atoms with Gasteiger partial charge >= 0.3 is 0 Å². The molecule has 0 bridgehead atoms. The number of H-pyrrole nitrogens is 1. The van der Waals surface area contributed by atoms with Crippen molar-refractivity contribution in [3.05, 3.63) is 55.0 Å². The van der Waals surface area contributed by atoms with E-state index in [-0.39, 0.29) is 5.75 Å². The summed E-state index contributed by atoms with van der Waals surface area (Å²) in [4.78, 5) is 4.01. The van der Waals surface area contributed by atoms with E-state index in [1.54, 1.807) is 30.7 Å². The first-order valence-corrected chi connectivity index (χ1v) is 5.58. The van der Waals surface area contributed by atoms with Crippen molar-refractivity contribution in [2.24, 2.45) is 0 Å². The Morgan fingerprint density at radius 3 is 2.33 bits per heavy atom. The van der Waals surface area contributed by atoms with Gasteiger partial charge in [-0.3, -0.25) is 10.1 Å². The minimum atomic E-state index is 0.253. The van der Waals surface area contributed by atoms with Gasteiger partial charge in [-0.05, 0) is 42.0 Å². The van der Waals surface area contributed by atoms with E-state index in [0.717, 1.165) is 22.4 Å². The average Bonchev–Trinajstić information content (AvgIpc) is 2.90. The Labute approximate surface area is 104 Å². The molecule has 0 aliphatic heterocycles. The number of aromatic amines is 1. The molecule has 0 saturated carbocycles. The fraction of sp³-hybridized carbons (Fsp3) is 0. The summed E-state index contributed by atoms with van der Waals surface area (Å²) in [5, 5.41) is 16.4. The van der Waals surface area contributed by atoms with Crippen molar-refractivity contribution < 1.29 is 5.11 Å². The first-order valence-electron chi connectivity index (χ1n) is 5.58. The van der Waals surface area contributed by atoms with Crippen LogP contribution in [0.1, 0.15) is 0 Å². The van der Waals surface area contributed by atoms with Crippen LogP contribution in [0.2, 0.25) is 0 Å². The number of benzene rings is 1. The number of phenolic OH excluding ortho intramolecular Hbond substituents is 1. The smallest absolute Gasteiger partial charge is 0.115 e. The van der Waals surface area contributed by atoms with E-state index in [1.165, 1.54) is 0 Å². The maximum Gasteiger partial charge on any atom is 0.115 e. The molecule has 0 saturated heterocycles. The van der Waals surface area contributed by atoms with Crippen molar-refractivity contribution in [1.29, 1.82) is 0 Å². The molecule has 3 rings (SSSR count). The van der Waals surface area contributed by atoms with Crippen LogP contribution in [-0.4, -0.2) is 20.3 Å². The number of aromatic hydroxyl groups is 1. The van der Waals surface area contributed by atoms with Gasteiger partial charge in [0.25, 0.3) is 0 Å². The third-order valence-corrected chi connectivity index (χ3v) is 2.79. The molecule has 0 amide bonds. The highest BCUT2D eigenvalue weighted by Gasteiger charge is 2.09. The number of nitrogens with zero attached hydrogens (tertiary/aromatic N) is 2. The van der Waals surface area contributed by atoms with Crippen LogP contribution in [0.3, 0.4) is 0 Å². The highest BCUT2D eigenvalue weighted by Crippen LogP contribution is 2.30. The molecule has 4 heteroatoms. The summed E-state index contributed by atoms with van der Waals surface area (Å²) in [7, 11) is 0. The van der Waals surface area contributed by atoms with E-state index in [0.29, 0.717) is 0 Å². The van der Waals surface area contributed by atoms with E-state index < -0.39 is 0 Å². The van der Waals surface area contributed by atoms with E-state index in [1.807, 2.05) is 24.3 Å². The summed E-state index contributed by atoms with van der Waals surface area (Å²) in [6, 6.07) is 10.9. The SMILES string of the molecule is Oc1ccc(-c2[nH]ncc2-c2ccncc2)cc1. The van der Waals surface area contributed by atoms with Gasteiger partial charge in [-0.25, -0.2) is 0 Å². The summed E-state index contributed by atoms with van der Waals surface area (Å²) in [5.74, 6) is 0.253. The Morgan fingerprint density at radius 1 is 0.889 bits per heavy atom. The normalized spacial score (nSPS) is 10.4. The Hall–Kier alpha value is -2.62. The lowest BCUT2D eigenvalue weighted by Crippen LogP contribution is -1.82. The number of aromatic nitrogens is 3. The number of phenols is 1. The first-order chi connectivity index (χ1) is 8.84. The van der Waals surface area contributed by atoms with Gasteiger partial charge in [0.1, 0.15) is 5.75 Å². The molecule has 3 aromatic rings. The molecule has 0 unspecified atom stereocenters. The Balaban J connectivity index is 2.10. The molecule has 0 fully saturated rings. The van der Waals surface area contributed by atoms with Gasteiger partial charge in [0.2, 0.25) is 0 Å². The molecule has 0 aliphatic carbocycles. The summed E-state index contributed by atoms with van der Waals surface area (Å²) in [6.07, 6.45) is 5.30. The maximum absolute atomic E-state index is 9.31. The fourth-order valence-electron chi connectivity index (χ4n) is 1.88. The second-order valence-corrected chi connectivity index (χ2v) is 3.94. The van der Waals surface area contributed by atoms with E-state index >= 15 is 0 Å². The van der Waals surface area contributed by atoms with Crippen LogP contribution in [0.15, 0.2) is 55.0 Å². The van der Waals surface area contributed by atoms with Gasteiger partial charge in [-0.15, -0.1) is 0 Å². The molecule has 0 aliphatic rings. The second-order valence-electron chi connectivity index (χ2n) is 3.94. The van der Waals surface area contributed by atoms with Crippen molar-refractivity contribution in [2.75, 3.05) is 0 Å². The third kappa shape index (κ3) is 1.84. The van der Waals surface area contributed by atoms with Crippen molar-refractivity contribution >= 4 is 0 Å². The molecule has 0 atom stereocenters. The quantitative estimate of drug-likeness (QED) is 0.720. The molecule has 0 radical (unpaired) electrons. The molecule has 2 aromatic heterocycles. The minimum absolute atomic E-state index is 0.253. The van der Waals surface area contributed by atoms with Crippen molar-refractivity contribution in [3.8, 4) is 28.1 Å². The van der Waals surface area contributed by atoms with Crippen molar-refractivity contribution in [1.82, 2.24) is 15.2 Å². The standard InChI is InChI=1S/C14H11N3O/c18-12-3-1-11(2-4-12)14-13(9-16-17-14)10-5-7-15-8-6-10/h1-9,18H,(H,16,17). The monoisotopic (exact) mass is 237 g/mol. The maximum atomic E-state index is 9.31. The van der Waals surface area contributed by atoms with Crippen LogP contribution >= 0.6 is 0 Å². The molecule has 0 spiro atoms. The van der Waals surface area contributed by atoms with Crippen LogP contribution in [0.4, 0.5) is 0 Å². The fourth-order valence-corrected chi connectivity index (χ4v) is 1.88. The van der Waals surface area contributed by atoms with Gasteiger partial charge in [0.05, 0.1) is 11.9 Å². The van der Waals surface area contributed by atoms with Gasteiger partial charge in [-0.1, -0.05) is 0 Å². The molecular formula is C14H11N3O. The lowest BCUT2D eigenvalue weighted by molar-refractivity contribution is 0.475. The van der Waals surface area contributed by atoms with E-state index in [9.17, 15) is 5.11 Å². The van der Waals surface area contributed by atoms with E-state index in [2.05, 4.69) is 15.2 Å². The highest BCUT2D eigenvalue weighted by atomic mass is 16.3. The van der Waals surface area contributed by atoms with Gasteiger partial charge in [0, 0.05) is 23.5 Å². The predicted octanol–water partition coefficient (Wildman–Crippen LogP) is 2.84. The largest absolute Gasteiger partial charge is 0.508 e. The van der Waals surface area contributed by atoms with Crippen LogP contribution in [0.25, 0.3) is 22.4 Å². The average molecular weight is 237 g/mol. The Morgan fingerprint density at radius 2 is 1.61 bits per heavy atom. The third-order valence-electron chi connectivity index (χ3n) is 2.79. The molecule has 88 valence electrons. The number of rotatable bonds is 2. The number of nitrogens with one attached hydrogen (secondary N) is 1. The molecular weight excluding hydrogens is 226 g/mol. The minimum Gasteiger partial charge on any atom is -0.508 e. The predicted molar refractivity (Wildman–Crippen MR) is 68.9 cm³/mol. The van der Waals surface area contributed by atoms with Crippen LogP contribution in [0, 0.1) is 0 Å². The summed E-state index contributed by atoms with van der Waals surface area (Å²) >= 11 is 0. The zero-order chi connectivity index (χ0) is 12.4. The van der Waals surface area contributed by atoms with Crippen molar-refractivity contribution in [3.63, 3.8) is 0 Å². The van der Waals surface area contributed by atoms with E-state index in [4.69, 9.17) is 0 Å². The molecule has 1 aromatic carbocycles. The van der Waals surface area contributed by atoms with Gasteiger partial charge in [0.15, 0.2) is 0 Å². The topological polar surface area (TPSA) is 61.8 Å². The molecule has 18 heavy (non-hydrogen) atoms. The second kappa shape index (κ2) is 4.33. The lowest BCUT2D eigenvalue weighted by Gasteiger charge is -2.03. The molecule has 4 nitrogen and oxygen atoms in total. The highest BCUT2D eigenvalue weighted by molar-refractivity contribution is 5.80. The number of hydrogen-bond donors (Lipinski definition) is 2.